The molecule has 1 aliphatic carbocycles. The highest BCUT2D eigenvalue weighted by molar-refractivity contribution is 7.20. The van der Waals surface area contributed by atoms with Crippen LogP contribution in [-0.4, -0.2) is 21.5 Å². The summed E-state index contributed by atoms with van der Waals surface area (Å²) in [5.74, 6) is -0.0833. The monoisotopic (exact) mass is 263 g/mol. The van der Waals surface area contributed by atoms with Gasteiger partial charge >= 0.3 is 0 Å². The first kappa shape index (κ1) is 11.4. The van der Waals surface area contributed by atoms with Crippen LogP contribution in [-0.2, 0) is 7.05 Å². The van der Waals surface area contributed by atoms with Gasteiger partial charge in [0.1, 0.15) is 4.83 Å². The largest absolute Gasteiger partial charge is 0.349 e. The minimum absolute atomic E-state index is 0.0833. The molecule has 3 rings (SSSR count). The molecule has 2 heterocycles. The second-order valence-corrected chi connectivity index (χ2v) is 5.64. The van der Waals surface area contributed by atoms with E-state index in [0.29, 0.717) is 21.1 Å². The molecule has 5 nitrogen and oxygen atoms in total. The maximum Gasteiger partial charge on any atom is 0.262 e. The van der Waals surface area contributed by atoms with Crippen LogP contribution in [0.15, 0.2) is 11.1 Å². The summed E-state index contributed by atoms with van der Waals surface area (Å²) in [4.78, 5) is 29.5. The summed E-state index contributed by atoms with van der Waals surface area (Å²) < 4.78 is 1.44. The van der Waals surface area contributed by atoms with Crippen molar-refractivity contribution in [2.75, 3.05) is 0 Å². The Morgan fingerprint density at radius 2 is 2.28 bits per heavy atom. The van der Waals surface area contributed by atoms with Crippen molar-refractivity contribution in [3.63, 3.8) is 0 Å². The molecule has 0 unspecified atom stereocenters. The van der Waals surface area contributed by atoms with Crippen LogP contribution >= 0.6 is 11.3 Å². The Hall–Kier alpha value is -1.69. The molecule has 0 saturated heterocycles. The summed E-state index contributed by atoms with van der Waals surface area (Å²) in [6.07, 6.45) is 3.59. The van der Waals surface area contributed by atoms with E-state index in [1.165, 1.54) is 22.2 Å². The van der Waals surface area contributed by atoms with E-state index in [-0.39, 0.29) is 11.5 Å². The molecule has 0 atom stereocenters. The fraction of sp³-hybridized carbons (Fsp3) is 0.417. The van der Waals surface area contributed by atoms with Gasteiger partial charge in [-0.3, -0.25) is 9.59 Å². The van der Waals surface area contributed by atoms with E-state index in [4.69, 9.17) is 0 Å². The minimum Gasteiger partial charge on any atom is -0.349 e. The highest BCUT2D eigenvalue weighted by Crippen LogP contribution is 2.28. The molecule has 0 aromatic carbocycles. The average Bonchev–Trinajstić information content (AvgIpc) is 3.07. The summed E-state index contributed by atoms with van der Waals surface area (Å²) in [6, 6.07) is 0.318. The van der Waals surface area contributed by atoms with E-state index in [1.807, 2.05) is 6.92 Å². The Morgan fingerprint density at radius 1 is 1.56 bits per heavy atom. The SMILES string of the molecule is Cc1c(C(=O)NC2CC2)sc2ncn(C)c(=O)c12. The fourth-order valence-corrected chi connectivity index (χ4v) is 2.95. The van der Waals surface area contributed by atoms with Gasteiger partial charge in [0.25, 0.3) is 11.5 Å². The number of nitrogens with zero attached hydrogens (tertiary/aromatic N) is 2. The van der Waals surface area contributed by atoms with Crippen LogP contribution in [0.3, 0.4) is 0 Å². The molecule has 0 radical (unpaired) electrons. The lowest BCUT2D eigenvalue weighted by Crippen LogP contribution is -2.25. The van der Waals surface area contributed by atoms with Crippen molar-refractivity contribution in [3.8, 4) is 0 Å². The zero-order chi connectivity index (χ0) is 12.9. The number of aromatic nitrogens is 2. The second-order valence-electron chi connectivity index (χ2n) is 4.64. The summed E-state index contributed by atoms with van der Waals surface area (Å²) in [5.41, 5.74) is 0.640. The summed E-state index contributed by atoms with van der Waals surface area (Å²) >= 11 is 1.29. The predicted octanol–water partition coefficient (Wildman–Crippen LogP) is 1.20. The molecule has 94 valence electrons. The Labute approximate surface area is 107 Å². The third kappa shape index (κ3) is 1.73. The zero-order valence-corrected chi connectivity index (χ0v) is 11.0. The lowest BCUT2D eigenvalue weighted by atomic mass is 10.2. The number of carbonyl (C=O) groups excluding carboxylic acids is 1. The van der Waals surface area contributed by atoms with Gasteiger partial charge in [-0.25, -0.2) is 4.98 Å². The molecule has 0 spiro atoms. The fourth-order valence-electron chi connectivity index (χ4n) is 1.90. The molecule has 0 aliphatic heterocycles. The van der Waals surface area contributed by atoms with Crippen molar-refractivity contribution < 1.29 is 4.79 Å². The predicted molar refractivity (Wildman–Crippen MR) is 70.1 cm³/mol. The van der Waals surface area contributed by atoms with Crippen molar-refractivity contribution in [1.29, 1.82) is 0 Å². The van der Waals surface area contributed by atoms with Gasteiger partial charge in [-0.1, -0.05) is 0 Å². The number of carbonyl (C=O) groups is 1. The minimum atomic E-state index is -0.0979. The molecule has 1 amide bonds. The maximum absolute atomic E-state index is 12.0. The summed E-state index contributed by atoms with van der Waals surface area (Å²) in [5, 5.41) is 3.50. The molecule has 1 fully saturated rings. The highest BCUT2D eigenvalue weighted by atomic mass is 32.1. The molecule has 6 heteroatoms. The number of rotatable bonds is 2. The zero-order valence-electron chi connectivity index (χ0n) is 10.2. The first-order valence-electron chi connectivity index (χ1n) is 5.83. The number of thiophene rings is 1. The summed E-state index contributed by atoms with van der Waals surface area (Å²) in [6.45, 7) is 1.81. The van der Waals surface area contributed by atoms with Crippen molar-refractivity contribution in [3.05, 3.63) is 27.1 Å². The molecule has 2 aromatic heterocycles. The molecular formula is C12H13N3O2S. The maximum atomic E-state index is 12.0. The van der Waals surface area contributed by atoms with Crippen LogP contribution in [0, 0.1) is 6.92 Å². The third-order valence-electron chi connectivity index (χ3n) is 3.13. The van der Waals surface area contributed by atoms with Gasteiger partial charge in [-0.05, 0) is 25.3 Å². The van der Waals surface area contributed by atoms with Crippen molar-refractivity contribution in [1.82, 2.24) is 14.9 Å². The van der Waals surface area contributed by atoms with Crippen LogP contribution in [0.2, 0.25) is 0 Å². The van der Waals surface area contributed by atoms with Gasteiger partial charge in [-0.2, -0.15) is 0 Å². The number of fused-ring (bicyclic) bond motifs is 1. The highest BCUT2D eigenvalue weighted by Gasteiger charge is 2.26. The standard InChI is InChI=1S/C12H13N3O2S/c1-6-8-11(13-5-15(2)12(8)17)18-9(6)10(16)14-7-3-4-7/h5,7H,3-4H2,1-2H3,(H,14,16). The number of nitrogens with one attached hydrogen (secondary N) is 1. The van der Waals surface area contributed by atoms with Crippen LogP contribution in [0.4, 0.5) is 0 Å². The second kappa shape index (κ2) is 3.91. The Kier molecular flexibility index (Phi) is 2.48. The number of hydrogen-bond donors (Lipinski definition) is 1. The van der Waals surface area contributed by atoms with E-state index >= 15 is 0 Å². The van der Waals surface area contributed by atoms with E-state index in [1.54, 1.807) is 7.05 Å². The normalized spacial score (nSPS) is 15.0. The Bertz CT molecular complexity index is 697. The molecule has 1 saturated carbocycles. The molecule has 18 heavy (non-hydrogen) atoms. The van der Waals surface area contributed by atoms with Gasteiger partial charge in [0.05, 0.1) is 16.6 Å². The van der Waals surface area contributed by atoms with Crippen LogP contribution in [0.25, 0.3) is 10.2 Å². The Balaban J connectivity index is 2.13. The quantitative estimate of drug-likeness (QED) is 0.885. The van der Waals surface area contributed by atoms with E-state index < -0.39 is 0 Å². The lowest BCUT2D eigenvalue weighted by molar-refractivity contribution is 0.0954. The number of amides is 1. The molecule has 1 aliphatic rings. The smallest absolute Gasteiger partial charge is 0.262 e. The molecule has 2 aromatic rings. The van der Waals surface area contributed by atoms with Gasteiger partial charge in [0.2, 0.25) is 0 Å². The third-order valence-corrected chi connectivity index (χ3v) is 4.33. The first-order chi connectivity index (χ1) is 8.58. The van der Waals surface area contributed by atoms with E-state index in [9.17, 15) is 9.59 Å². The van der Waals surface area contributed by atoms with Crippen LogP contribution in [0.1, 0.15) is 28.1 Å². The van der Waals surface area contributed by atoms with Crippen molar-refractivity contribution in [2.45, 2.75) is 25.8 Å². The lowest BCUT2D eigenvalue weighted by Gasteiger charge is -2.01. The average molecular weight is 263 g/mol. The van der Waals surface area contributed by atoms with E-state index in [0.717, 1.165) is 18.4 Å². The first-order valence-corrected chi connectivity index (χ1v) is 6.65. The van der Waals surface area contributed by atoms with Gasteiger partial charge in [0, 0.05) is 13.1 Å². The van der Waals surface area contributed by atoms with Crippen molar-refractivity contribution >= 4 is 27.5 Å². The molecular weight excluding hydrogens is 250 g/mol. The van der Waals surface area contributed by atoms with E-state index in [2.05, 4.69) is 10.3 Å². The van der Waals surface area contributed by atoms with Crippen LogP contribution < -0.4 is 10.9 Å². The number of hydrogen-bond acceptors (Lipinski definition) is 4. The van der Waals surface area contributed by atoms with Crippen LogP contribution in [0.5, 0.6) is 0 Å². The molecule has 1 N–H and O–H groups in total. The van der Waals surface area contributed by atoms with Gasteiger partial charge in [-0.15, -0.1) is 11.3 Å². The van der Waals surface area contributed by atoms with Gasteiger partial charge in [0.15, 0.2) is 0 Å². The number of aryl methyl sites for hydroxylation is 2. The summed E-state index contributed by atoms with van der Waals surface area (Å²) in [7, 11) is 1.66. The topological polar surface area (TPSA) is 64.0 Å². The van der Waals surface area contributed by atoms with Gasteiger partial charge < -0.3 is 9.88 Å². The Morgan fingerprint density at radius 3 is 2.94 bits per heavy atom. The van der Waals surface area contributed by atoms with Crippen molar-refractivity contribution in [2.24, 2.45) is 7.05 Å². The molecule has 0 bridgehead atoms.